The number of aromatic amines is 1. The third-order valence-electron chi connectivity index (χ3n) is 4.31. The first-order valence-corrected chi connectivity index (χ1v) is 12.1. The molecule has 134 valence electrons. The molecule has 0 amide bonds. The summed E-state index contributed by atoms with van der Waals surface area (Å²) in [6.07, 6.45) is 4.23. The molecule has 0 bridgehead atoms. The Labute approximate surface area is 162 Å². The lowest BCUT2D eigenvalue weighted by Gasteiger charge is -2.49. The average Bonchev–Trinajstić information content (AvgIpc) is 2.62. The quantitative estimate of drug-likeness (QED) is 0.770. The molecule has 2 aliphatic heterocycles. The number of anilines is 1. The van der Waals surface area contributed by atoms with E-state index in [0.29, 0.717) is 5.65 Å². The first-order chi connectivity index (χ1) is 12.0. The van der Waals surface area contributed by atoms with Gasteiger partial charge in [0.1, 0.15) is 4.08 Å². The number of hydrogen-bond donors (Lipinski definition) is 2. The SMILES string of the molecule is CC1(C2(c3cnc4nc(N)[nH]c(=O)c4n3)SCCCS2)SCCCS1. The number of nitrogens with two attached hydrogens (primary N) is 1. The Kier molecular flexibility index (Phi) is 4.89. The fourth-order valence-electron chi connectivity index (χ4n) is 3.09. The number of fused-ring (bicyclic) bond motifs is 1. The first-order valence-electron chi connectivity index (χ1n) is 8.13. The average molecular weight is 414 g/mol. The molecule has 0 aliphatic carbocycles. The van der Waals surface area contributed by atoms with Gasteiger partial charge in [-0.15, -0.1) is 47.0 Å². The van der Waals surface area contributed by atoms with Crippen LogP contribution >= 0.6 is 47.0 Å². The number of thioether (sulfide) groups is 4. The monoisotopic (exact) mass is 413 g/mol. The highest BCUT2D eigenvalue weighted by Gasteiger charge is 2.54. The molecule has 0 radical (unpaired) electrons. The van der Waals surface area contributed by atoms with Crippen molar-refractivity contribution < 1.29 is 0 Å². The topological polar surface area (TPSA) is 97.5 Å². The van der Waals surface area contributed by atoms with Crippen LogP contribution < -0.4 is 11.3 Å². The minimum atomic E-state index is -0.327. The lowest BCUT2D eigenvalue weighted by molar-refractivity contribution is 0.749. The van der Waals surface area contributed by atoms with Gasteiger partial charge in [-0.25, -0.2) is 9.97 Å². The second-order valence-electron chi connectivity index (χ2n) is 6.04. The summed E-state index contributed by atoms with van der Waals surface area (Å²) in [4.78, 5) is 28.1. The summed E-state index contributed by atoms with van der Waals surface area (Å²) in [5, 5.41) is 0. The highest BCUT2D eigenvalue weighted by Crippen LogP contribution is 2.65. The van der Waals surface area contributed by atoms with Crippen molar-refractivity contribution >= 4 is 64.2 Å². The lowest BCUT2D eigenvalue weighted by Crippen LogP contribution is -2.44. The van der Waals surface area contributed by atoms with Gasteiger partial charge in [-0.1, -0.05) is 0 Å². The Morgan fingerprint density at radius 2 is 1.72 bits per heavy atom. The number of nitrogens with one attached hydrogen (secondary N) is 1. The van der Waals surface area contributed by atoms with Gasteiger partial charge in [-0.3, -0.25) is 9.78 Å². The van der Waals surface area contributed by atoms with E-state index in [4.69, 9.17) is 10.7 Å². The third-order valence-corrected chi connectivity index (χ3v) is 12.0. The van der Waals surface area contributed by atoms with Gasteiger partial charge in [0.05, 0.1) is 16.0 Å². The van der Waals surface area contributed by atoms with E-state index >= 15 is 0 Å². The van der Waals surface area contributed by atoms with Crippen molar-refractivity contribution in [1.82, 2.24) is 19.9 Å². The fourth-order valence-corrected chi connectivity index (χ4v) is 10.7. The Morgan fingerprint density at radius 3 is 2.40 bits per heavy atom. The normalized spacial score (nSPS) is 22.8. The smallest absolute Gasteiger partial charge is 0.280 e. The van der Waals surface area contributed by atoms with Crippen molar-refractivity contribution in [3.05, 3.63) is 22.2 Å². The van der Waals surface area contributed by atoms with Gasteiger partial charge in [0, 0.05) is 0 Å². The Morgan fingerprint density at radius 1 is 1.08 bits per heavy atom. The van der Waals surface area contributed by atoms with Crippen molar-refractivity contribution in [2.45, 2.75) is 27.9 Å². The minimum absolute atomic E-state index is 0.00262. The number of nitrogen functional groups attached to an aromatic ring is 1. The molecule has 0 saturated carbocycles. The molecule has 25 heavy (non-hydrogen) atoms. The van der Waals surface area contributed by atoms with E-state index in [1.54, 1.807) is 6.20 Å². The molecule has 0 aromatic carbocycles. The van der Waals surface area contributed by atoms with Crippen LogP contribution in [-0.4, -0.2) is 47.0 Å². The van der Waals surface area contributed by atoms with Crippen LogP contribution in [0.3, 0.4) is 0 Å². The first kappa shape index (κ1) is 17.8. The van der Waals surface area contributed by atoms with Crippen LogP contribution in [0.2, 0.25) is 0 Å². The summed E-state index contributed by atoms with van der Waals surface area (Å²) in [5.74, 6) is 4.58. The standard InChI is InChI=1S/C15H19N5OS4/c1-14(22-4-2-5-23-14)15(24-6-3-7-25-15)9-8-17-11-10(18-9)12(21)20-13(16)19-11/h8H,2-7H2,1H3,(H3,16,17,19,20,21). The zero-order valence-electron chi connectivity index (χ0n) is 13.8. The highest BCUT2D eigenvalue weighted by atomic mass is 32.2. The maximum absolute atomic E-state index is 12.3. The zero-order valence-corrected chi connectivity index (χ0v) is 17.0. The van der Waals surface area contributed by atoms with Gasteiger partial charge in [0.25, 0.3) is 5.56 Å². The van der Waals surface area contributed by atoms with E-state index < -0.39 is 0 Å². The fraction of sp³-hybridized carbons (Fsp3) is 0.600. The molecule has 0 spiro atoms. The van der Waals surface area contributed by atoms with Crippen molar-refractivity contribution in [2.24, 2.45) is 0 Å². The van der Waals surface area contributed by atoms with E-state index in [1.807, 2.05) is 47.0 Å². The van der Waals surface area contributed by atoms with E-state index in [0.717, 1.165) is 28.7 Å². The molecule has 4 rings (SSSR count). The number of H-pyrrole nitrogens is 1. The van der Waals surface area contributed by atoms with Crippen molar-refractivity contribution in [1.29, 1.82) is 0 Å². The Balaban J connectivity index is 1.88. The van der Waals surface area contributed by atoms with Crippen LogP contribution in [0.15, 0.2) is 11.0 Å². The van der Waals surface area contributed by atoms with Crippen LogP contribution in [0.5, 0.6) is 0 Å². The third kappa shape index (κ3) is 3.04. The van der Waals surface area contributed by atoms with Gasteiger partial charge in [0.2, 0.25) is 5.95 Å². The van der Waals surface area contributed by atoms with Crippen LogP contribution in [0.1, 0.15) is 25.5 Å². The second kappa shape index (κ2) is 6.86. The van der Waals surface area contributed by atoms with Gasteiger partial charge in [0.15, 0.2) is 11.2 Å². The molecule has 0 atom stereocenters. The molecule has 2 aliphatic rings. The van der Waals surface area contributed by atoms with E-state index in [9.17, 15) is 4.79 Å². The van der Waals surface area contributed by atoms with E-state index in [-0.39, 0.29) is 25.2 Å². The second-order valence-corrected chi connectivity index (χ2v) is 12.2. The molecule has 3 N–H and O–H groups in total. The predicted octanol–water partition coefficient (Wildman–Crippen LogP) is 2.90. The summed E-state index contributed by atoms with van der Waals surface area (Å²) < 4.78 is -0.215. The highest BCUT2D eigenvalue weighted by molar-refractivity contribution is 8.25. The van der Waals surface area contributed by atoms with Crippen molar-refractivity contribution in [2.75, 3.05) is 28.7 Å². The van der Waals surface area contributed by atoms with Crippen LogP contribution in [-0.2, 0) is 4.08 Å². The number of rotatable bonds is 2. The van der Waals surface area contributed by atoms with Gasteiger partial charge in [-0.2, -0.15) is 4.98 Å². The molecule has 0 unspecified atom stereocenters. The van der Waals surface area contributed by atoms with E-state index in [1.165, 1.54) is 12.8 Å². The van der Waals surface area contributed by atoms with Gasteiger partial charge >= 0.3 is 0 Å². The summed E-state index contributed by atoms with van der Waals surface area (Å²) in [5.41, 5.74) is 6.74. The number of aromatic nitrogens is 4. The Hall–Kier alpha value is -0.580. The van der Waals surface area contributed by atoms with Crippen LogP contribution in [0.25, 0.3) is 11.2 Å². The predicted molar refractivity (Wildman–Crippen MR) is 112 cm³/mol. The summed E-state index contributed by atoms with van der Waals surface area (Å²) in [7, 11) is 0. The number of nitrogens with zero attached hydrogens (tertiary/aromatic N) is 3. The molecule has 2 fully saturated rings. The molecular formula is C15H19N5OS4. The molecule has 2 saturated heterocycles. The summed E-state index contributed by atoms with van der Waals surface area (Å²) >= 11 is 7.92. The molecule has 2 aromatic heterocycles. The Bertz CT molecular complexity index is 845. The van der Waals surface area contributed by atoms with E-state index in [2.05, 4.69) is 21.9 Å². The molecule has 4 heterocycles. The van der Waals surface area contributed by atoms with Crippen LogP contribution in [0.4, 0.5) is 5.95 Å². The van der Waals surface area contributed by atoms with Gasteiger partial charge < -0.3 is 5.73 Å². The summed E-state index contributed by atoms with van der Waals surface area (Å²) in [6, 6.07) is 0. The van der Waals surface area contributed by atoms with Gasteiger partial charge in [-0.05, 0) is 42.8 Å². The van der Waals surface area contributed by atoms with Crippen LogP contribution in [0, 0.1) is 0 Å². The maximum atomic E-state index is 12.3. The molecular weight excluding hydrogens is 394 g/mol. The molecule has 2 aromatic rings. The van der Waals surface area contributed by atoms with Crippen molar-refractivity contribution in [3.63, 3.8) is 0 Å². The zero-order chi connectivity index (χ0) is 17.5. The summed E-state index contributed by atoms with van der Waals surface area (Å²) in [6.45, 7) is 2.32. The van der Waals surface area contributed by atoms with Crippen molar-refractivity contribution in [3.8, 4) is 0 Å². The lowest BCUT2D eigenvalue weighted by atomic mass is 10.2. The molecule has 6 nitrogen and oxygen atoms in total. The largest absolute Gasteiger partial charge is 0.369 e. The molecule has 10 heteroatoms. The minimum Gasteiger partial charge on any atom is -0.369 e. The number of hydrogen-bond acceptors (Lipinski definition) is 9. The maximum Gasteiger partial charge on any atom is 0.280 e.